The van der Waals surface area contributed by atoms with Gasteiger partial charge in [0.05, 0.1) is 30.4 Å². The summed E-state index contributed by atoms with van der Waals surface area (Å²) < 4.78 is 4.71. The van der Waals surface area contributed by atoms with Gasteiger partial charge in [0.2, 0.25) is 11.8 Å². The molecule has 13 nitrogen and oxygen atoms in total. The molecule has 3 heterocycles. The van der Waals surface area contributed by atoms with Gasteiger partial charge in [-0.3, -0.25) is 19.4 Å². The van der Waals surface area contributed by atoms with E-state index in [2.05, 4.69) is 50.2 Å². The Morgan fingerprint density at radius 3 is 2.63 bits per heavy atom. The first-order valence-electron chi connectivity index (χ1n) is 18.2. The first kappa shape index (κ1) is 36.5. The molecule has 1 aliphatic heterocycles. The summed E-state index contributed by atoms with van der Waals surface area (Å²) in [6.45, 7) is 5.26. The molecule has 1 saturated heterocycles. The number of fused-ring (bicyclic) bond motifs is 4. The summed E-state index contributed by atoms with van der Waals surface area (Å²) in [5, 5.41) is 9.31. The Balaban J connectivity index is 1.07. The predicted molar refractivity (Wildman–Crippen MR) is 198 cm³/mol. The van der Waals surface area contributed by atoms with Crippen LogP contribution in [0.2, 0.25) is 0 Å². The molecule has 6 rings (SSSR count). The number of alkyl carbamates (subject to hydrolysis) is 1. The standard InChI is InChI=1S/C39H48N8O5/c1-23(2)35(46-39(51)52-3)38(50)47-16-6-7-29(47)22-43-37(49)28-18-27-10-9-25(19-32(27)42-21-28)24-11-13-30-26(17-24)12-14-31-36(30)45-33(44-31)8-4-5-15-41-34(48)20-40/h9-11,13,17-19,21,23,29,35H,4-8,12,14-16,20,22,40H2,1-3H3,(H,41,48)(H,43,49)(H,44,45)(H,46,51). The number of rotatable bonds is 13. The van der Waals surface area contributed by atoms with E-state index in [1.165, 1.54) is 18.4 Å². The number of amides is 4. The van der Waals surface area contributed by atoms with Gasteiger partial charge >= 0.3 is 6.09 Å². The van der Waals surface area contributed by atoms with Crippen molar-refractivity contribution in [3.05, 3.63) is 71.3 Å². The average molecular weight is 709 g/mol. The van der Waals surface area contributed by atoms with Gasteiger partial charge in [-0.25, -0.2) is 9.78 Å². The molecule has 1 fully saturated rings. The summed E-state index contributed by atoms with van der Waals surface area (Å²) in [5.74, 6) is 0.296. The number of H-pyrrole nitrogens is 1. The molecule has 6 N–H and O–H groups in total. The van der Waals surface area contributed by atoms with E-state index in [0.29, 0.717) is 25.2 Å². The molecule has 4 aromatic rings. The average Bonchev–Trinajstić information content (AvgIpc) is 3.81. The number of unbranched alkanes of at least 4 members (excludes halogenated alkanes) is 1. The molecule has 274 valence electrons. The zero-order chi connectivity index (χ0) is 36.8. The Kier molecular flexibility index (Phi) is 11.5. The first-order chi connectivity index (χ1) is 25.1. The van der Waals surface area contributed by atoms with Crippen LogP contribution in [0.25, 0.3) is 33.3 Å². The maximum Gasteiger partial charge on any atom is 0.407 e. The number of ether oxygens (including phenoxy) is 1. The van der Waals surface area contributed by atoms with Crippen LogP contribution in [0.15, 0.2) is 48.7 Å². The zero-order valence-electron chi connectivity index (χ0n) is 30.1. The van der Waals surface area contributed by atoms with Crippen LogP contribution < -0.4 is 21.7 Å². The smallest absolute Gasteiger partial charge is 0.407 e. The Hall–Kier alpha value is -5.30. The van der Waals surface area contributed by atoms with Gasteiger partial charge < -0.3 is 36.3 Å². The molecule has 4 amide bonds. The van der Waals surface area contributed by atoms with Crippen molar-refractivity contribution in [1.29, 1.82) is 0 Å². The van der Waals surface area contributed by atoms with Gasteiger partial charge in [-0.1, -0.05) is 44.2 Å². The topological polar surface area (TPSA) is 184 Å². The van der Waals surface area contributed by atoms with Gasteiger partial charge in [-0.2, -0.15) is 0 Å². The Labute approximate surface area is 303 Å². The Bertz CT molecular complexity index is 1960. The molecule has 52 heavy (non-hydrogen) atoms. The van der Waals surface area contributed by atoms with Crippen molar-refractivity contribution in [1.82, 2.24) is 35.8 Å². The second kappa shape index (κ2) is 16.4. The first-order valence-corrected chi connectivity index (χ1v) is 18.2. The van der Waals surface area contributed by atoms with Crippen LogP contribution in [0.3, 0.4) is 0 Å². The van der Waals surface area contributed by atoms with Crippen molar-refractivity contribution in [2.45, 2.75) is 70.9 Å². The Morgan fingerprint density at radius 1 is 1.04 bits per heavy atom. The van der Waals surface area contributed by atoms with Crippen LogP contribution in [-0.4, -0.2) is 89.0 Å². The van der Waals surface area contributed by atoms with Crippen molar-refractivity contribution in [2.24, 2.45) is 11.7 Å². The van der Waals surface area contributed by atoms with Crippen LogP contribution in [0, 0.1) is 5.92 Å². The number of pyridine rings is 1. The van der Waals surface area contributed by atoms with Crippen LogP contribution in [0.1, 0.15) is 67.0 Å². The summed E-state index contributed by atoms with van der Waals surface area (Å²) >= 11 is 0. The van der Waals surface area contributed by atoms with E-state index < -0.39 is 12.1 Å². The number of carbonyl (C=O) groups excluding carboxylic acids is 4. The number of carbonyl (C=O) groups is 4. The molecule has 2 aromatic carbocycles. The van der Waals surface area contributed by atoms with E-state index in [4.69, 9.17) is 15.5 Å². The minimum Gasteiger partial charge on any atom is -0.453 e. The van der Waals surface area contributed by atoms with E-state index in [0.717, 1.165) is 84.1 Å². The van der Waals surface area contributed by atoms with Crippen molar-refractivity contribution < 1.29 is 23.9 Å². The number of hydrogen-bond donors (Lipinski definition) is 5. The summed E-state index contributed by atoms with van der Waals surface area (Å²) in [4.78, 5) is 64.6. The van der Waals surface area contributed by atoms with Gasteiger partial charge in [-0.05, 0) is 73.3 Å². The number of hydrogen-bond acceptors (Lipinski definition) is 8. The van der Waals surface area contributed by atoms with Gasteiger partial charge in [0, 0.05) is 54.9 Å². The normalized spacial score (nSPS) is 15.6. The third-order valence-corrected chi connectivity index (χ3v) is 10.0. The SMILES string of the molecule is COC(=O)NC(C(=O)N1CCCC1CNC(=O)c1cnc2cc(-c3ccc4c(c3)CCc3[nH]c(CCCCNC(=O)CN)nc3-4)ccc2c1)C(C)C. The van der Waals surface area contributed by atoms with E-state index in [-0.39, 0.29) is 36.2 Å². The Morgan fingerprint density at radius 2 is 1.85 bits per heavy atom. The highest BCUT2D eigenvalue weighted by atomic mass is 16.5. The molecule has 2 aliphatic rings. The lowest BCUT2D eigenvalue weighted by molar-refractivity contribution is -0.135. The fraction of sp³-hybridized carbons (Fsp3) is 0.436. The third-order valence-electron chi connectivity index (χ3n) is 10.0. The predicted octanol–water partition coefficient (Wildman–Crippen LogP) is 3.89. The van der Waals surface area contributed by atoms with E-state index >= 15 is 0 Å². The van der Waals surface area contributed by atoms with Gasteiger partial charge in [-0.15, -0.1) is 0 Å². The van der Waals surface area contributed by atoms with Crippen molar-refractivity contribution >= 4 is 34.7 Å². The number of methoxy groups -OCH3 is 1. The lowest BCUT2D eigenvalue weighted by atomic mass is 9.89. The molecule has 0 radical (unpaired) electrons. The summed E-state index contributed by atoms with van der Waals surface area (Å²) in [6, 6.07) is 13.6. The quantitative estimate of drug-likeness (QED) is 0.130. The van der Waals surface area contributed by atoms with Crippen molar-refractivity contribution in [3.63, 3.8) is 0 Å². The summed E-state index contributed by atoms with van der Waals surface area (Å²) in [5.41, 5.74) is 13.3. The number of nitrogens with zero attached hydrogens (tertiary/aromatic N) is 3. The van der Waals surface area contributed by atoms with Gasteiger partial charge in [0.25, 0.3) is 5.91 Å². The zero-order valence-corrected chi connectivity index (χ0v) is 30.1. The molecule has 2 atom stereocenters. The lowest BCUT2D eigenvalue weighted by Crippen LogP contribution is -2.54. The van der Waals surface area contributed by atoms with E-state index in [9.17, 15) is 19.2 Å². The van der Waals surface area contributed by atoms with Crippen LogP contribution in [0.5, 0.6) is 0 Å². The second-order valence-electron chi connectivity index (χ2n) is 13.9. The maximum absolute atomic E-state index is 13.3. The molecule has 2 unspecified atom stereocenters. The summed E-state index contributed by atoms with van der Waals surface area (Å²) in [7, 11) is 1.27. The van der Waals surface area contributed by atoms with Crippen LogP contribution in [0.4, 0.5) is 4.79 Å². The van der Waals surface area contributed by atoms with Crippen molar-refractivity contribution in [2.75, 3.05) is 33.3 Å². The fourth-order valence-electron chi connectivity index (χ4n) is 7.13. The highest BCUT2D eigenvalue weighted by Crippen LogP contribution is 2.35. The number of aryl methyl sites for hydroxylation is 3. The molecule has 1 aliphatic carbocycles. The number of nitrogens with two attached hydrogens (primary N) is 1. The molecule has 13 heteroatoms. The molecule has 0 spiro atoms. The summed E-state index contributed by atoms with van der Waals surface area (Å²) in [6.07, 6.45) is 6.96. The monoisotopic (exact) mass is 708 g/mol. The highest BCUT2D eigenvalue weighted by Gasteiger charge is 2.35. The fourth-order valence-corrected chi connectivity index (χ4v) is 7.13. The molecular weight excluding hydrogens is 660 g/mol. The molecule has 0 saturated carbocycles. The van der Waals surface area contributed by atoms with E-state index in [1.807, 2.05) is 32.0 Å². The second-order valence-corrected chi connectivity index (χ2v) is 13.9. The van der Waals surface area contributed by atoms with Crippen LogP contribution in [-0.2, 0) is 33.6 Å². The van der Waals surface area contributed by atoms with Gasteiger partial charge in [0.15, 0.2) is 0 Å². The van der Waals surface area contributed by atoms with Gasteiger partial charge in [0.1, 0.15) is 11.9 Å². The van der Waals surface area contributed by atoms with Crippen molar-refractivity contribution in [3.8, 4) is 22.4 Å². The number of aromatic nitrogens is 3. The molecule has 0 bridgehead atoms. The van der Waals surface area contributed by atoms with E-state index in [1.54, 1.807) is 11.1 Å². The minimum absolute atomic E-state index is 0.0131. The lowest BCUT2D eigenvalue weighted by Gasteiger charge is -2.30. The largest absolute Gasteiger partial charge is 0.453 e. The number of nitrogens with one attached hydrogen (secondary N) is 4. The molecular formula is C39H48N8O5. The van der Waals surface area contributed by atoms with Crippen LogP contribution >= 0.6 is 0 Å². The molecule has 2 aromatic heterocycles. The highest BCUT2D eigenvalue weighted by molar-refractivity contribution is 5.98. The number of aromatic amines is 1. The number of imidazole rings is 1. The third kappa shape index (κ3) is 8.25. The number of benzene rings is 2. The number of likely N-dealkylation sites (tertiary alicyclic amines) is 1. The maximum atomic E-state index is 13.3. The minimum atomic E-state index is -0.705.